The van der Waals surface area contributed by atoms with E-state index in [0.717, 1.165) is 11.3 Å². The van der Waals surface area contributed by atoms with E-state index in [2.05, 4.69) is 48.2 Å². The lowest BCUT2D eigenvalue weighted by Crippen LogP contribution is -2.19. The summed E-state index contributed by atoms with van der Waals surface area (Å²) in [4.78, 5) is 0. The average molecular weight is 352 g/mol. The van der Waals surface area contributed by atoms with Crippen LogP contribution in [0.1, 0.15) is 40.4 Å². The first-order valence-corrected chi connectivity index (χ1v) is 9.30. The quantitative estimate of drug-likeness (QED) is 0.585. The van der Waals surface area contributed by atoms with E-state index in [-0.39, 0.29) is 24.0 Å². The van der Waals surface area contributed by atoms with E-state index in [1.807, 2.05) is 42.5 Å². The van der Waals surface area contributed by atoms with Crippen LogP contribution in [-0.4, -0.2) is 7.11 Å². The van der Waals surface area contributed by atoms with E-state index in [1.165, 1.54) is 16.7 Å². The normalized spacial score (nSPS) is 24.8. The van der Waals surface area contributed by atoms with Gasteiger partial charge in [0.05, 0.1) is 25.2 Å². The number of para-hydroxylation sites is 1. The Morgan fingerprint density at radius 1 is 0.741 bits per heavy atom. The molecule has 3 aromatic carbocycles. The minimum absolute atomic E-state index is 0.0114. The van der Waals surface area contributed by atoms with Crippen molar-refractivity contribution in [1.29, 1.82) is 0 Å². The summed E-state index contributed by atoms with van der Waals surface area (Å²) in [5.74, 6) is 8.08. The number of benzene rings is 3. The highest BCUT2D eigenvalue weighted by Gasteiger charge is 2.52. The molecule has 0 spiro atoms. The molecule has 0 aromatic heterocycles. The smallest absolute Gasteiger partial charge is 0.122 e. The molecule has 1 fully saturated rings. The summed E-state index contributed by atoms with van der Waals surface area (Å²) >= 11 is 0. The topological polar surface area (TPSA) is 18.5 Å². The number of hydrogen-bond donors (Lipinski definition) is 0. The summed E-state index contributed by atoms with van der Waals surface area (Å²) < 4.78 is 12.1. The molecule has 3 aromatic rings. The number of methoxy groups -OCH3 is 1. The van der Waals surface area contributed by atoms with Gasteiger partial charge in [-0.1, -0.05) is 72.5 Å². The zero-order valence-electron chi connectivity index (χ0n) is 15.1. The summed E-state index contributed by atoms with van der Waals surface area (Å²) in [6.45, 7) is 0. The standard InChI is InChI=1S/C25H20O2/c1-26-22-14-8-7-13-20(22)23-21(16-15-17-9-3-2-4-10-17)24-18-11-5-6-12-19(18)25(23)27-24/h2-14,21,23-25H,1H3/t21-,23+,24+,25-/m1/s1. The number of hydrogen-bond acceptors (Lipinski definition) is 2. The van der Waals surface area contributed by atoms with Gasteiger partial charge in [-0.2, -0.15) is 0 Å². The van der Waals surface area contributed by atoms with Gasteiger partial charge in [0.1, 0.15) is 5.75 Å². The summed E-state index contributed by atoms with van der Waals surface area (Å²) in [6, 6.07) is 26.9. The zero-order chi connectivity index (χ0) is 18.2. The molecular weight excluding hydrogens is 332 g/mol. The molecule has 0 saturated carbocycles. The van der Waals surface area contributed by atoms with Crippen molar-refractivity contribution in [2.75, 3.05) is 7.11 Å². The molecule has 132 valence electrons. The van der Waals surface area contributed by atoms with Crippen LogP contribution in [0.2, 0.25) is 0 Å². The van der Waals surface area contributed by atoms with Gasteiger partial charge in [0.2, 0.25) is 0 Å². The van der Waals surface area contributed by atoms with Gasteiger partial charge in [-0.25, -0.2) is 0 Å². The summed E-state index contributed by atoms with van der Waals surface area (Å²) in [7, 11) is 1.73. The Bertz CT molecular complexity index is 1030. The molecule has 2 aliphatic heterocycles. The highest BCUT2D eigenvalue weighted by Crippen LogP contribution is 2.61. The Hall–Kier alpha value is -3.02. The molecule has 1 saturated heterocycles. The van der Waals surface area contributed by atoms with Gasteiger partial charge < -0.3 is 9.47 Å². The first kappa shape index (κ1) is 16.2. The fourth-order valence-electron chi connectivity index (χ4n) is 4.42. The molecule has 0 radical (unpaired) electrons. The second-order valence-corrected chi connectivity index (χ2v) is 7.04. The molecule has 2 nitrogen and oxygen atoms in total. The Morgan fingerprint density at radius 2 is 1.37 bits per heavy atom. The Labute approximate surface area is 159 Å². The molecular formula is C25H20O2. The van der Waals surface area contributed by atoms with Crippen LogP contribution in [0, 0.1) is 17.8 Å². The van der Waals surface area contributed by atoms with Crippen LogP contribution in [0.15, 0.2) is 78.9 Å². The molecule has 0 unspecified atom stereocenters. The van der Waals surface area contributed by atoms with Gasteiger partial charge in [0.25, 0.3) is 0 Å². The third-order valence-corrected chi connectivity index (χ3v) is 5.60. The third-order valence-electron chi connectivity index (χ3n) is 5.60. The molecule has 2 heteroatoms. The lowest BCUT2D eigenvalue weighted by molar-refractivity contribution is 0.0625. The van der Waals surface area contributed by atoms with Crippen LogP contribution < -0.4 is 4.74 Å². The third kappa shape index (κ3) is 2.63. The predicted octanol–water partition coefficient (Wildman–Crippen LogP) is 5.27. The Kier molecular flexibility index (Phi) is 3.96. The molecule has 27 heavy (non-hydrogen) atoms. The van der Waals surface area contributed by atoms with Crippen molar-refractivity contribution < 1.29 is 9.47 Å². The number of rotatable bonds is 2. The first-order chi connectivity index (χ1) is 13.4. The van der Waals surface area contributed by atoms with E-state index in [4.69, 9.17) is 9.47 Å². The van der Waals surface area contributed by atoms with Gasteiger partial charge in [0, 0.05) is 17.0 Å². The van der Waals surface area contributed by atoms with Crippen molar-refractivity contribution >= 4 is 0 Å². The molecule has 0 N–H and O–H groups in total. The second kappa shape index (κ2) is 6.61. The zero-order valence-corrected chi connectivity index (χ0v) is 15.1. The second-order valence-electron chi connectivity index (χ2n) is 7.04. The maximum absolute atomic E-state index is 6.45. The maximum atomic E-state index is 6.45. The van der Waals surface area contributed by atoms with Crippen LogP contribution in [0.4, 0.5) is 0 Å². The Balaban J connectivity index is 1.62. The predicted molar refractivity (Wildman–Crippen MR) is 106 cm³/mol. The van der Waals surface area contributed by atoms with Crippen molar-refractivity contribution in [1.82, 2.24) is 0 Å². The molecule has 2 aliphatic rings. The first-order valence-electron chi connectivity index (χ1n) is 9.30. The van der Waals surface area contributed by atoms with E-state index >= 15 is 0 Å². The fraction of sp³-hybridized carbons (Fsp3) is 0.200. The van der Waals surface area contributed by atoms with E-state index in [9.17, 15) is 0 Å². The van der Waals surface area contributed by atoms with Gasteiger partial charge in [0.15, 0.2) is 0 Å². The van der Waals surface area contributed by atoms with Crippen molar-refractivity contribution in [3.8, 4) is 17.6 Å². The lowest BCUT2D eigenvalue weighted by Gasteiger charge is -2.27. The van der Waals surface area contributed by atoms with E-state index in [1.54, 1.807) is 7.11 Å². The van der Waals surface area contributed by atoms with Gasteiger partial charge >= 0.3 is 0 Å². The fourth-order valence-corrected chi connectivity index (χ4v) is 4.42. The van der Waals surface area contributed by atoms with Gasteiger partial charge in [-0.15, -0.1) is 0 Å². The van der Waals surface area contributed by atoms with Crippen LogP contribution >= 0.6 is 0 Å². The van der Waals surface area contributed by atoms with E-state index < -0.39 is 0 Å². The monoisotopic (exact) mass is 352 g/mol. The highest BCUT2D eigenvalue weighted by molar-refractivity contribution is 5.49. The average Bonchev–Trinajstić information content (AvgIpc) is 3.30. The largest absolute Gasteiger partial charge is 0.496 e. The Morgan fingerprint density at radius 3 is 2.11 bits per heavy atom. The summed E-state index contributed by atoms with van der Waals surface area (Å²) in [5.41, 5.74) is 4.78. The van der Waals surface area contributed by atoms with Crippen LogP contribution in [0.3, 0.4) is 0 Å². The van der Waals surface area contributed by atoms with Crippen LogP contribution in [0.25, 0.3) is 0 Å². The number of fused-ring (bicyclic) bond motifs is 5. The van der Waals surface area contributed by atoms with Crippen LogP contribution in [0.5, 0.6) is 5.75 Å². The summed E-state index contributed by atoms with van der Waals surface area (Å²) in [6.07, 6.45) is 0.0369. The minimum atomic E-state index is 0.0114. The molecule has 5 rings (SSSR count). The molecule has 2 bridgehead atoms. The summed E-state index contributed by atoms with van der Waals surface area (Å²) in [5, 5.41) is 0. The molecule has 0 amide bonds. The lowest BCUT2D eigenvalue weighted by atomic mass is 9.72. The number of ether oxygens (including phenoxy) is 2. The minimum Gasteiger partial charge on any atom is -0.496 e. The molecule has 2 heterocycles. The van der Waals surface area contributed by atoms with E-state index in [0.29, 0.717) is 0 Å². The SMILES string of the molecule is COc1ccccc1[C@H]1[C@@H](C#Cc2ccccc2)[C@H]2O[C@@H]1c1ccccc12. The van der Waals surface area contributed by atoms with Crippen molar-refractivity contribution in [3.05, 3.63) is 101 Å². The van der Waals surface area contributed by atoms with Crippen molar-refractivity contribution in [2.45, 2.75) is 18.1 Å². The van der Waals surface area contributed by atoms with Gasteiger partial charge in [-0.3, -0.25) is 0 Å². The van der Waals surface area contributed by atoms with Crippen molar-refractivity contribution in [2.24, 2.45) is 5.92 Å². The maximum Gasteiger partial charge on any atom is 0.122 e. The van der Waals surface area contributed by atoms with Crippen LogP contribution in [-0.2, 0) is 4.74 Å². The highest BCUT2D eigenvalue weighted by atomic mass is 16.5. The molecule has 4 atom stereocenters. The molecule has 0 aliphatic carbocycles. The van der Waals surface area contributed by atoms with Gasteiger partial charge in [-0.05, 0) is 29.3 Å². The van der Waals surface area contributed by atoms with Crippen molar-refractivity contribution in [3.63, 3.8) is 0 Å².